The quantitative estimate of drug-likeness (QED) is 0.753. The van der Waals surface area contributed by atoms with Crippen LogP contribution in [0.25, 0.3) is 0 Å². The zero-order valence-electron chi connectivity index (χ0n) is 13.5. The van der Waals surface area contributed by atoms with Gasteiger partial charge in [-0.2, -0.15) is 0 Å². The van der Waals surface area contributed by atoms with E-state index in [0.717, 1.165) is 19.5 Å². The molecule has 1 aromatic carbocycles. The molecule has 8 heteroatoms. The van der Waals surface area contributed by atoms with Crippen LogP contribution in [0.1, 0.15) is 37.6 Å². The largest absolute Gasteiger partial charge is 0.348 e. The second-order valence-corrected chi connectivity index (χ2v) is 8.23. The molecule has 1 saturated heterocycles. The molecule has 1 fully saturated rings. The molecule has 0 saturated carbocycles. The Morgan fingerprint density at radius 2 is 1.83 bits per heavy atom. The van der Waals surface area contributed by atoms with Gasteiger partial charge in [-0.1, -0.05) is 0 Å². The van der Waals surface area contributed by atoms with Gasteiger partial charge < -0.3 is 10.6 Å². The summed E-state index contributed by atoms with van der Waals surface area (Å²) in [7, 11) is -3.57. The smallest absolute Gasteiger partial charge is 0.251 e. The highest BCUT2D eigenvalue weighted by molar-refractivity contribution is 7.89. The summed E-state index contributed by atoms with van der Waals surface area (Å²) in [5.74, 6) is -0.179. The Kier molecular flexibility index (Phi) is 6.59. The molecule has 1 aliphatic heterocycles. The summed E-state index contributed by atoms with van der Waals surface area (Å²) in [5.41, 5.74) is -0.0914. The average Bonchev–Trinajstić information content (AvgIpc) is 2.89. The zero-order valence-corrected chi connectivity index (χ0v) is 15.2. The third kappa shape index (κ3) is 5.76. The van der Waals surface area contributed by atoms with Gasteiger partial charge in [0.2, 0.25) is 10.0 Å². The van der Waals surface area contributed by atoms with Crippen LogP contribution in [-0.4, -0.2) is 39.0 Å². The number of halogens is 1. The van der Waals surface area contributed by atoms with E-state index in [-0.39, 0.29) is 29.3 Å². The van der Waals surface area contributed by atoms with E-state index in [1.807, 2.05) is 0 Å². The molecule has 23 heavy (non-hydrogen) atoms. The average molecular weight is 362 g/mol. The van der Waals surface area contributed by atoms with Gasteiger partial charge in [-0.15, -0.1) is 12.4 Å². The highest BCUT2D eigenvalue weighted by Gasteiger charge is 2.22. The fourth-order valence-corrected chi connectivity index (χ4v) is 3.71. The van der Waals surface area contributed by atoms with E-state index in [9.17, 15) is 13.2 Å². The molecule has 6 nitrogen and oxygen atoms in total. The SMILES string of the molecule is CC(C)(C)NS(=O)(=O)c1ccc(C(=O)NC2CCNC2)cc1.Cl. The molecular weight excluding hydrogens is 338 g/mol. The van der Waals surface area contributed by atoms with Gasteiger partial charge in [0, 0.05) is 23.7 Å². The first-order valence-electron chi connectivity index (χ1n) is 7.33. The maximum absolute atomic E-state index is 12.2. The first-order valence-corrected chi connectivity index (χ1v) is 8.81. The van der Waals surface area contributed by atoms with E-state index in [0.29, 0.717) is 5.56 Å². The molecule has 1 heterocycles. The number of sulfonamides is 1. The number of rotatable bonds is 4. The second-order valence-electron chi connectivity index (χ2n) is 6.54. The van der Waals surface area contributed by atoms with Crippen LogP contribution in [0.15, 0.2) is 29.2 Å². The number of carbonyl (C=O) groups excluding carboxylic acids is 1. The molecule has 130 valence electrons. The number of nitrogens with one attached hydrogen (secondary N) is 3. The first-order chi connectivity index (χ1) is 10.2. The van der Waals surface area contributed by atoms with Gasteiger partial charge in [0.05, 0.1) is 4.90 Å². The lowest BCUT2D eigenvalue weighted by atomic mass is 10.1. The minimum Gasteiger partial charge on any atom is -0.348 e. The molecule has 0 radical (unpaired) electrons. The Bertz CT molecular complexity index is 633. The Hall–Kier alpha value is -1.15. The molecule has 1 unspecified atom stereocenters. The molecular formula is C15H24ClN3O3S. The van der Waals surface area contributed by atoms with Crippen LogP contribution in [-0.2, 0) is 10.0 Å². The molecule has 1 aliphatic rings. The van der Waals surface area contributed by atoms with Crippen LogP contribution >= 0.6 is 12.4 Å². The second kappa shape index (κ2) is 7.61. The minimum atomic E-state index is -3.57. The summed E-state index contributed by atoms with van der Waals surface area (Å²) in [4.78, 5) is 12.2. The van der Waals surface area contributed by atoms with Crippen molar-refractivity contribution in [1.82, 2.24) is 15.4 Å². The van der Waals surface area contributed by atoms with Gasteiger partial charge in [-0.05, 0) is 58.0 Å². The van der Waals surface area contributed by atoms with Crippen LogP contribution in [0.3, 0.4) is 0 Å². The van der Waals surface area contributed by atoms with Crippen molar-refractivity contribution >= 4 is 28.3 Å². The molecule has 0 spiro atoms. The van der Waals surface area contributed by atoms with Crippen LogP contribution in [0.2, 0.25) is 0 Å². The van der Waals surface area contributed by atoms with Gasteiger partial charge in [0.25, 0.3) is 5.91 Å². The van der Waals surface area contributed by atoms with Crippen LogP contribution in [0.4, 0.5) is 0 Å². The summed E-state index contributed by atoms with van der Waals surface area (Å²) < 4.78 is 27.0. The van der Waals surface area contributed by atoms with Crippen molar-refractivity contribution in [3.63, 3.8) is 0 Å². The predicted molar refractivity (Wildman–Crippen MR) is 92.5 cm³/mol. The highest BCUT2D eigenvalue weighted by atomic mass is 35.5. The Balaban J connectivity index is 0.00000264. The lowest BCUT2D eigenvalue weighted by molar-refractivity contribution is 0.0940. The molecule has 1 atom stereocenters. The number of carbonyl (C=O) groups is 1. The monoisotopic (exact) mass is 361 g/mol. The van der Waals surface area contributed by atoms with Crippen molar-refractivity contribution in [2.24, 2.45) is 0 Å². The Labute approximate surface area is 143 Å². The van der Waals surface area contributed by atoms with Crippen molar-refractivity contribution in [3.8, 4) is 0 Å². The summed E-state index contributed by atoms with van der Waals surface area (Å²) in [6.45, 7) is 7.01. The number of amides is 1. The predicted octanol–water partition coefficient (Wildman–Crippen LogP) is 1.28. The molecule has 0 aromatic heterocycles. The number of hydrogen-bond donors (Lipinski definition) is 3. The summed E-state index contributed by atoms with van der Waals surface area (Å²) in [5, 5.41) is 6.10. The molecule has 0 aliphatic carbocycles. The molecule has 2 rings (SSSR count). The van der Waals surface area contributed by atoms with E-state index >= 15 is 0 Å². The van der Waals surface area contributed by atoms with Crippen LogP contribution in [0.5, 0.6) is 0 Å². The molecule has 0 bridgehead atoms. The van der Waals surface area contributed by atoms with Crippen molar-refractivity contribution in [1.29, 1.82) is 0 Å². The minimum absolute atomic E-state index is 0. The van der Waals surface area contributed by atoms with E-state index in [1.165, 1.54) is 24.3 Å². The van der Waals surface area contributed by atoms with Crippen molar-refractivity contribution in [2.75, 3.05) is 13.1 Å². The topological polar surface area (TPSA) is 87.3 Å². The van der Waals surface area contributed by atoms with E-state index in [2.05, 4.69) is 15.4 Å². The first kappa shape index (κ1) is 19.9. The van der Waals surface area contributed by atoms with Crippen LogP contribution in [0, 0.1) is 0 Å². The molecule has 1 amide bonds. The van der Waals surface area contributed by atoms with Crippen molar-refractivity contribution < 1.29 is 13.2 Å². The maximum atomic E-state index is 12.2. The Morgan fingerprint density at radius 1 is 1.22 bits per heavy atom. The summed E-state index contributed by atoms with van der Waals surface area (Å²) >= 11 is 0. The normalized spacial score (nSPS) is 18.3. The lowest BCUT2D eigenvalue weighted by Gasteiger charge is -2.20. The number of benzene rings is 1. The standard InChI is InChI=1S/C15H23N3O3S.ClH/c1-15(2,3)18-22(20,21)13-6-4-11(5-7-13)14(19)17-12-8-9-16-10-12;/h4-7,12,16,18H,8-10H2,1-3H3,(H,17,19);1H. The van der Waals surface area contributed by atoms with Crippen molar-refractivity contribution in [3.05, 3.63) is 29.8 Å². The maximum Gasteiger partial charge on any atom is 0.251 e. The summed E-state index contributed by atoms with van der Waals surface area (Å²) in [6.07, 6.45) is 0.910. The number of hydrogen-bond acceptors (Lipinski definition) is 4. The third-order valence-electron chi connectivity index (χ3n) is 3.26. The fourth-order valence-electron chi connectivity index (χ4n) is 2.29. The van der Waals surface area contributed by atoms with Crippen LogP contribution < -0.4 is 15.4 Å². The van der Waals surface area contributed by atoms with Gasteiger partial charge in [0.1, 0.15) is 0 Å². The van der Waals surface area contributed by atoms with Gasteiger partial charge in [-0.25, -0.2) is 13.1 Å². The lowest BCUT2D eigenvalue weighted by Crippen LogP contribution is -2.40. The summed E-state index contributed by atoms with van der Waals surface area (Å²) in [6, 6.07) is 6.12. The van der Waals surface area contributed by atoms with Gasteiger partial charge in [0.15, 0.2) is 0 Å². The molecule has 3 N–H and O–H groups in total. The Morgan fingerprint density at radius 3 is 2.30 bits per heavy atom. The van der Waals surface area contributed by atoms with Gasteiger partial charge >= 0.3 is 0 Å². The van der Waals surface area contributed by atoms with Gasteiger partial charge in [-0.3, -0.25) is 4.79 Å². The van der Waals surface area contributed by atoms with E-state index in [4.69, 9.17) is 0 Å². The van der Waals surface area contributed by atoms with Crippen molar-refractivity contribution in [2.45, 2.75) is 43.7 Å². The molecule has 1 aromatic rings. The van der Waals surface area contributed by atoms with E-state index in [1.54, 1.807) is 20.8 Å². The highest BCUT2D eigenvalue weighted by Crippen LogP contribution is 2.14. The van der Waals surface area contributed by atoms with E-state index < -0.39 is 15.6 Å². The third-order valence-corrected chi connectivity index (χ3v) is 5.04. The fraction of sp³-hybridized carbons (Fsp3) is 0.533. The zero-order chi connectivity index (χ0) is 16.4.